The van der Waals surface area contributed by atoms with Gasteiger partial charge < -0.3 is 10.2 Å². The Balaban J connectivity index is 1.19. The molecule has 5 aliphatic rings. The number of piperidine rings is 1. The van der Waals surface area contributed by atoms with Crippen molar-refractivity contribution in [1.82, 2.24) is 15.2 Å². The molecule has 30 heavy (non-hydrogen) atoms. The summed E-state index contributed by atoms with van der Waals surface area (Å²) in [6.45, 7) is 6.83. The lowest BCUT2D eigenvalue weighted by molar-refractivity contribution is -0.180. The molecule has 2 unspecified atom stereocenters. The van der Waals surface area contributed by atoms with E-state index in [1.54, 1.807) is 12.4 Å². The summed E-state index contributed by atoms with van der Waals surface area (Å²) in [5, 5.41) is 3.05. The molecule has 2 amide bonds. The Morgan fingerprint density at radius 1 is 1.10 bits per heavy atom. The lowest BCUT2D eigenvalue weighted by atomic mass is 9.40. The Kier molecular flexibility index (Phi) is 4.71. The largest absolute Gasteiger partial charge is 0.352 e. The molecule has 1 aromatic rings. The van der Waals surface area contributed by atoms with Gasteiger partial charge in [-0.25, -0.2) is 0 Å². The molecule has 2 atom stereocenters. The third-order valence-electron chi connectivity index (χ3n) is 8.42. The van der Waals surface area contributed by atoms with Crippen molar-refractivity contribution in [1.29, 1.82) is 0 Å². The summed E-state index contributed by atoms with van der Waals surface area (Å²) in [4.78, 5) is 32.6. The molecule has 0 aromatic carbocycles. The predicted octanol–water partition coefficient (Wildman–Crippen LogP) is 3.93. The van der Waals surface area contributed by atoms with Crippen molar-refractivity contribution in [3.8, 4) is 0 Å². The van der Waals surface area contributed by atoms with Crippen molar-refractivity contribution < 1.29 is 9.59 Å². The Morgan fingerprint density at radius 2 is 1.80 bits per heavy atom. The van der Waals surface area contributed by atoms with Gasteiger partial charge in [0.2, 0.25) is 11.8 Å². The van der Waals surface area contributed by atoms with Gasteiger partial charge >= 0.3 is 0 Å². The van der Waals surface area contributed by atoms with E-state index in [9.17, 15) is 9.59 Å². The van der Waals surface area contributed by atoms with E-state index >= 15 is 0 Å². The quantitative estimate of drug-likeness (QED) is 0.819. The molecule has 4 saturated carbocycles. The second kappa shape index (κ2) is 7.06. The first-order chi connectivity index (χ1) is 14.3. The molecule has 0 spiro atoms. The minimum Gasteiger partial charge on any atom is -0.352 e. The van der Waals surface area contributed by atoms with E-state index < -0.39 is 0 Å². The van der Waals surface area contributed by atoms with Gasteiger partial charge in [0.15, 0.2) is 0 Å². The van der Waals surface area contributed by atoms with E-state index in [2.05, 4.69) is 29.0 Å². The monoisotopic (exact) mass is 409 g/mol. The lowest BCUT2D eigenvalue weighted by Gasteiger charge is -2.65. The van der Waals surface area contributed by atoms with Gasteiger partial charge in [0.1, 0.15) is 0 Å². The smallest absolute Gasteiger partial charge is 0.228 e. The van der Waals surface area contributed by atoms with Crippen LogP contribution < -0.4 is 5.32 Å². The average molecular weight is 410 g/mol. The Bertz CT molecular complexity index is 812. The topological polar surface area (TPSA) is 62.3 Å². The van der Waals surface area contributed by atoms with Crippen LogP contribution in [0.4, 0.5) is 0 Å². The van der Waals surface area contributed by atoms with Crippen LogP contribution in [0.25, 0.3) is 0 Å². The zero-order valence-electron chi connectivity index (χ0n) is 18.5. The number of rotatable bonds is 4. The van der Waals surface area contributed by atoms with E-state index in [4.69, 9.17) is 0 Å². The molecule has 2 heterocycles. The van der Waals surface area contributed by atoms with E-state index in [1.807, 2.05) is 12.1 Å². The predicted molar refractivity (Wildman–Crippen MR) is 115 cm³/mol. The summed E-state index contributed by atoms with van der Waals surface area (Å²) in [5.41, 5.74) is 1.60. The van der Waals surface area contributed by atoms with Crippen LogP contribution in [0.2, 0.25) is 0 Å². The lowest BCUT2D eigenvalue weighted by Crippen LogP contribution is -2.61. The molecule has 6 rings (SSSR count). The standard InChI is InChI=1S/C25H35N3O2/c1-23-10-19-11-24(2,15-23)17-25(12-19,16-23)22(30)28-8-5-20(6-9-28)21(29)27-14-18-4-3-7-26-13-18/h3-4,7,13,19-20H,5-6,8-12,14-17H2,1-2H3,(H,27,29). The fourth-order valence-corrected chi connectivity index (χ4v) is 8.20. The summed E-state index contributed by atoms with van der Waals surface area (Å²) in [6, 6.07) is 3.86. The minimum absolute atomic E-state index is 0.0112. The highest BCUT2D eigenvalue weighted by molar-refractivity contribution is 5.84. The molecule has 162 valence electrons. The number of nitrogens with one attached hydrogen (secondary N) is 1. The van der Waals surface area contributed by atoms with Crippen molar-refractivity contribution in [3.63, 3.8) is 0 Å². The van der Waals surface area contributed by atoms with E-state index in [0.717, 1.165) is 56.7 Å². The zero-order chi connectivity index (χ0) is 21.0. The van der Waals surface area contributed by atoms with Gasteiger partial charge in [0, 0.05) is 37.9 Å². The van der Waals surface area contributed by atoms with Gasteiger partial charge in [-0.05, 0) is 79.7 Å². The molecule has 5 nitrogen and oxygen atoms in total. The number of hydrogen-bond donors (Lipinski definition) is 1. The van der Waals surface area contributed by atoms with Crippen LogP contribution in [-0.4, -0.2) is 34.8 Å². The highest BCUT2D eigenvalue weighted by Crippen LogP contribution is 2.69. The van der Waals surface area contributed by atoms with Gasteiger partial charge in [0.05, 0.1) is 5.41 Å². The van der Waals surface area contributed by atoms with Crippen LogP contribution in [-0.2, 0) is 16.1 Å². The average Bonchev–Trinajstić information content (AvgIpc) is 2.70. The number of pyridine rings is 1. The fraction of sp³-hybridized carbons (Fsp3) is 0.720. The van der Waals surface area contributed by atoms with E-state index in [-0.39, 0.29) is 17.2 Å². The molecule has 4 bridgehead atoms. The number of aromatic nitrogens is 1. The Morgan fingerprint density at radius 3 is 2.40 bits per heavy atom. The molecule has 1 aromatic heterocycles. The molecular formula is C25H35N3O2. The van der Waals surface area contributed by atoms with Crippen molar-refractivity contribution >= 4 is 11.8 Å². The van der Waals surface area contributed by atoms with E-state index in [0.29, 0.717) is 23.3 Å². The maximum atomic E-state index is 13.7. The SMILES string of the molecule is CC12CC3CC(C)(C1)CC(C(=O)N1CCC(C(=O)NCc4cccnc4)CC1)(C3)C2. The van der Waals surface area contributed by atoms with Crippen molar-refractivity contribution in [2.24, 2.45) is 28.1 Å². The van der Waals surface area contributed by atoms with Crippen LogP contribution in [0.1, 0.15) is 70.8 Å². The van der Waals surface area contributed by atoms with Gasteiger partial charge in [-0.2, -0.15) is 0 Å². The Labute approximate surface area is 180 Å². The van der Waals surface area contributed by atoms with Crippen molar-refractivity contribution in [2.75, 3.05) is 13.1 Å². The van der Waals surface area contributed by atoms with Crippen molar-refractivity contribution in [3.05, 3.63) is 30.1 Å². The van der Waals surface area contributed by atoms with Gasteiger partial charge in [-0.15, -0.1) is 0 Å². The van der Waals surface area contributed by atoms with E-state index in [1.165, 1.54) is 19.3 Å². The van der Waals surface area contributed by atoms with Crippen LogP contribution in [0.3, 0.4) is 0 Å². The zero-order valence-corrected chi connectivity index (χ0v) is 18.5. The number of hydrogen-bond acceptors (Lipinski definition) is 3. The first-order valence-corrected chi connectivity index (χ1v) is 11.7. The summed E-state index contributed by atoms with van der Waals surface area (Å²) in [6.07, 6.45) is 12.3. The van der Waals surface area contributed by atoms with Gasteiger partial charge in [-0.1, -0.05) is 19.9 Å². The third kappa shape index (κ3) is 3.54. The minimum atomic E-state index is -0.127. The summed E-state index contributed by atoms with van der Waals surface area (Å²) in [5.74, 6) is 1.26. The van der Waals surface area contributed by atoms with Crippen LogP contribution in [0.15, 0.2) is 24.5 Å². The fourth-order valence-electron chi connectivity index (χ4n) is 8.20. The number of carbonyl (C=O) groups is 2. The molecule has 0 radical (unpaired) electrons. The molecule has 1 aliphatic heterocycles. The molecule has 1 saturated heterocycles. The number of likely N-dealkylation sites (tertiary alicyclic amines) is 1. The molecule has 4 aliphatic carbocycles. The molecule has 5 heteroatoms. The third-order valence-corrected chi connectivity index (χ3v) is 8.42. The normalized spacial score (nSPS) is 37.9. The number of carbonyl (C=O) groups excluding carboxylic acids is 2. The number of amides is 2. The van der Waals surface area contributed by atoms with Crippen LogP contribution in [0.5, 0.6) is 0 Å². The maximum absolute atomic E-state index is 13.7. The summed E-state index contributed by atoms with van der Waals surface area (Å²) >= 11 is 0. The first kappa shape index (κ1) is 20.0. The molecule has 5 fully saturated rings. The summed E-state index contributed by atoms with van der Waals surface area (Å²) < 4.78 is 0. The summed E-state index contributed by atoms with van der Waals surface area (Å²) in [7, 11) is 0. The van der Waals surface area contributed by atoms with Gasteiger partial charge in [0.25, 0.3) is 0 Å². The highest BCUT2D eigenvalue weighted by atomic mass is 16.2. The molecule has 1 N–H and O–H groups in total. The Hall–Kier alpha value is -1.91. The second-order valence-corrected chi connectivity index (χ2v) is 11.6. The second-order valence-electron chi connectivity index (χ2n) is 11.6. The maximum Gasteiger partial charge on any atom is 0.228 e. The molecular weight excluding hydrogens is 374 g/mol. The van der Waals surface area contributed by atoms with Crippen LogP contribution >= 0.6 is 0 Å². The highest BCUT2D eigenvalue weighted by Gasteiger charge is 2.63. The van der Waals surface area contributed by atoms with Crippen molar-refractivity contribution in [2.45, 2.75) is 71.8 Å². The van der Waals surface area contributed by atoms with Gasteiger partial charge in [-0.3, -0.25) is 14.6 Å². The van der Waals surface area contributed by atoms with Crippen LogP contribution in [0, 0.1) is 28.1 Å². The number of nitrogens with zero attached hydrogens (tertiary/aromatic N) is 2. The first-order valence-electron chi connectivity index (χ1n) is 11.7.